The van der Waals surface area contributed by atoms with Crippen LogP contribution in [-0.4, -0.2) is 24.8 Å². The summed E-state index contributed by atoms with van der Waals surface area (Å²) in [7, 11) is 0. The summed E-state index contributed by atoms with van der Waals surface area (Å²) in [5.74, 6) is 0. The monoisotopic (exact) mass is 229 g/mol. The molecule has 0 saturated heterocycles. The second kappa shape index (κ2) is 9.00. The number of unbranched alkanes of at least 4 members (excludes halogenated alkanes) is 1. The zero-order chi connectivity index (χ0) is 12.4. The average Bonchev–Trinajstić information content (AvgIpc) is 2.29. The second-order valence-corrected chi connectivity index (χ2v) is 4.75. The average molecular weight is 229 g/mol. The van der Waals surface area contributed by atoms with Crippen LogP contribution >= 0.6 is 0 Å². The smallest absolute Gasteiger partial charge is 0.0803 e. The van der Waals surface area contributed by atoms with Crippen molar-refractivity contribution >= 4 is 0 Å². The fraction of sp³-hybridized carbons (Fsp3) is 1.00. The summed E-state index contributed by atoms with van der Waals surface area (Å²) >= 11 is 0. The Morgan fingerprint density at radius 2 is 1.81 bits per heavy atom. The molecule has 0 heterocycles. The number of hydrogen-bond acceptors (Lipinski definition) is 2. The Balaban J connectivity index is 4.40. The molecule has 98 valence electrons. The summed E-state index contributed by atoms with van der Waals surface area (Å²) in [6.45, 7) is 12.9. The first kappa shape index (κ1) is 15.9. The molecule has 2 heteroatoms. The summed E-state index contributed by atoms with van der Waals surface area (Å²) in [4.78, 5) is 0. The molecule has 0 aromatic rings. The highest BCUT2D eigenvalue weighted by molar-refractivity contribution is 4.88. The Kier molecular flexibility index (Phi) is 8.96. The van der Waals surface area contributed by atoms with Gasteiger partial charge in [-0.3, -0.25) is 0 Å². The maximum Gasteiger partial charge on any atom is 0.0803 e. The highest BCUT2D eigenvalue weighted by Crippen LogP contribution is 2.24. The minimum Gasteiger partial charge on any atom is -0.374 e. The number of rotatable bonds is 10. The van der Waals surface area contributed by atoms with Crippen LogP contribution in [0.3, 0.4) is 0 Å². The van der Waals surface area contributed by atoms with Gasteiger partial charge in [0.25, 0.3) is 0 Å². The maximum absolute atomic E-state index is 5.97. The lowest BCUT2D eigenvalue weighted by Gasteiger charge is -2.37. The predicted molar refractivity (Wildman–Crippen MR) is 71.9 cm³/mol. The van der Waals surface area contributed by atoms with Crippen LogP contribution in [-0.2, 0) is 4.74 Å². The highest BCUT2D eigenvalue weighted by Gasteiger charge is 2.32. The Morgan fingerprint density at radius 1 is 1.12 bits per heavy atom. The van der Waals surface area contributed by atoms with E-state index >= 15 is 0 Å². The van der Waals surface area contributed by atoms with E-state index in [2.05, 4.69) is 39.9 Å². The van der Waals surface area contributed by atoms with Crippen molar-refractivity contribution in [2.45, 2.75) is 78.4 Å². The molecule has 0 aliphatic rings. The topological polar surface area (TPSA) is 21.3 Å². The quantitative estimate of drug-likeness (QED) is 0.616. The number of hydrogen-bond donors (Lipinski definition) is 1. The Morgan fingerprint density at radius 3 is 2.25 bits per heavy atom. The minimum atomic E-state index is -0.000903. The third-order valence-corrected chi connectivity index (χ3v) is 3.40. The fourth-order valence-corrected chi connectivity index (χ4v) is 2.13. The zero-order valence-electron chi connectivity index (χ0n) is 11.9. The molecule has 0 amide bonds. The van der Waals surface area contributed by atoms with Gasteiger partial charge in [-0.15, -0.1) is 0 Å². The van der Waals surface area contributed by atoms with Crippen LogP contribution in [0.25, 0.3) is 0 Å². The van der Waals surface area contributed by atoms with Gasteiger partial charge in [-0.2, -0.15) is 0 Å². The van der Waals surface area contributed by atoms with E-state index in [0.29, 0.717) is 6.04 Å². The maximum atomic E-state index is 5.97. The van der Waals surface area contributed by atoms with Crippen LogP contribution in [0, 0.1) is 0 Å². The summed E-state index contributed by atoms with van der Waals surface area (Å²) in [5, 5.41) is 3.66. The molecule has 0 aliphatic heterocycles. The van der Waals surface area contributed by atoms with E-state index in [1.807, 2.05) is 0 Å². The molecule has 0 rings (SSSR count). The van der Waals surface area contributed by atoms with E-state index in [1.54, 1.807) is 0 Å². The van der Waals surface area contributed by atoms with Crippen LogP contribution < -0.4 is 5.32 Å². The first-order valence-electron chi connectivity index (χ1n) is 7.01. The Labute approximate surface area is 102 Å². The van der Waals surface area contributed by atoms with Crippen molar-refractivity contribution in [3.8, 4) is 0 Å². The van der Waals surface area contributed by atoms with E-state index in [1.165, 1.54) is 25.7 Å². The lowest BCUT2D eigenvalue weighted by molar-refractivity contribution is -0.0573. The molecule has 0 fully saturated rings. The lowest BCUT2D eigenvalue weighted by atomic mass is 9.89. The Bertz CT molecular complexity index is 153. The molecule has 2 atom stereocenters. The summed E-state index contributed by atoms with van der Waals surface area (Å²) in [6.07, 6.45) is 6.03. The molecule has 0 radical (unpaired) electrons. The third kappa shape index (κ3) is 5.31. The van der Waals surface area contributed by atoms with Crippen LogP contribution in [0.15, 0.2) is 0 Å². The normalized spacial score (nSPS) is 17.1. The molecule has 0 aromatic heterocycles. The van der Waals surface area contributed by atoms with Crippen molar-refractivity contribution in [2.75, 3.05) is 13.2 Å². The van der Waals surface area contributed by atoms with Crippen molar-refractivity contribution in [1.29, 1.82) is 0 Å². The number of nitrogens with one attached hydrogen (secondary N) is 1. The van der Waals surface area contributed by atoms with E-state index < -0.39 is 0 Å². The molecular formula is C14H31NO. The van der Waals surface area contributed by atoms with Gasteiger partial charge in [0, 0.05) is 12.6 Å². The van der Waals surface area contributed by atoms with Gasteiger partial charge in [-0.25, -0.2) is 0 Å². The molecule has 1 N–H and O–H groups in total. The van der Waals surface area contributed by atoms with Gasteiger partial charge >= 0.3 is 0 Å². The zero-order valence-corrected chi connectivity index (χ0v) is 11.9. The van der Waals surface area contributed by atoms with E-state index in [9.17, 15) is 0 Å². The van der Waals surface area contributed by atoms with Gasteiger partial charge in [-0.05, 0) is 39.7 Å². The van der Waals surface area contributed by atoms with Crippen molar-refractivity contribution in [3.05, 3.63) is 0 Å². The Hall–Kier alpha value is -0.0800. The van der Waals surface area contributed by atoms with Crippen LogP contribution in [0.4, 0.5) is 0 Å². The van der Waals surface area contributed by atoms with Gasteiger partial charge in [0.05, 0.1) is 5.60 Å². The van der Waals surface area contributed by atoms with Crippen LogP contribution in [0.1, 0.15) is 66.7 Å². The largest absolute Gasteiger partial charge is 0.374 e. The predicted octanol–water partition coefficient (Wildman–Crippen LogP) is 3.75. The summed E-state index contributed by atoms with van der Waals surface area (Å²) in [5.41, 5.74) is -0.000903. The standard InChI is InChI=1S/C14H31NO/c1-6-10-11-13(15-12-7-2)14(5,8-3)16-9-4/h13,15H,6-12H2,1-5H3. The minimum absolute atomic E-state index is 0.000903. The molecule has 2 unspecified atom stereocenters. The van der Waals surface area contributed by atoms with Crippen LogP contribution in [0.5, 0.6) is 0 Å². The van der Waals surface area contributed by atoms with Gasteiger partial charge in [0.15, 0.2) is 0 Å². The van der Waals surface area contributed by atoms with E-state index in [4.69, 9.17) is 4.74 Å². The molecular weight excluding hydrogens is 198 g/mol. The first-order valence-corrected chi connectivity index (χ1v) is 7.01. The first-order chi connectivity index (χ1) is 7.64. The molecule has 0 saturated carbocycles. The summed E-state index contributed by atoms with van der Waals surface area (Å²) in [6, 6.07) is 0.498. The molecule has 0 aliphatic carbocycles. The van der Waals surface area contributed by atoms with Crippen molar-refractivity contribution in [2.24, 2.45) is 0 Å². The lowest BCUT2D eigenvalue weighted by Crippen LogP contribution is -2.50. The van der Waals surface area contributed by atoms with Crippen molar-refractivity contribution < 1.29 is 4.74 Å². The molecule has 0 spiro atoms. The molecule has 16 heavy (non-hydrogen) atoms. The number of ether oxygens (including phenoxy) is 1. The fourth-order valence-electron chi connectivity index (χ4n) is 2.13. The van der Waals surface area contributed by atoms with E-state index in [0.717, 1.165) is 19.6 Å². The van der Waals surface area contributed by atoms with Crippen molar-refractivity contribution in [3.63, 3.8) is 0 Å². The summed E-state index contributed by atoms with van der Waals surface area (Å²) < 4.78 is 5.97. The van der Waals surface area contributed by atoms with E-state index in [-0.39, 0.29) is 5.60 Å². The second-order valence-electron chi connectivity index (χ2n) is 4.75. The molecule has 0 bridgehead atoms. The van der Waals surface area contributed by atoms with Gasteiger partial charge in [0.2, 0.25) is 0 Å². The highest BCUT2D eigenvalue weighted by atomic mass is 16.5. The van der Waals surface area contributed by atoms with Crippen LogP contribution in [0.2, 0.25) is 0 Å². The SMILES string of the molecule is CCCCC(NCCC)C(C)(CC)OCC. The van der Waals surface area contributed by atoms with Gasteiger partial charge < -0.3 is 10.1 Å². The van der Waals surface area contributed by atoms with Crippen molar-refractivity contribution in [1.82, 2.24) is 5.32 Å². The third-order valence-electron chi connectivity index (χ3n) is 3.40. The molecule has 0 aromatic carbocycles. The van der Waals surface area contributed by atoms with Gasteiger partial charge in [-0.1, -0.05) is 33.6 Å². The van der Waals surface area contributed by atoms with Gasteiger partial charge in [0.1, 0.15) is 0 Å². The molecule has 2 nitrogen and oxygen atoms in total.